The normalized spacial score (nSPS) is 11.6. The monoisotopic (exact) mass is 232 g/mol. The molecule has 17 heavy (non-hydrogen) atoms. The number of carbonyl (C=O) groups is 1. The smallest absolute Gasteiger partial charge is 0.336 e. The fourth-order valence-corrected chi connectivity index (χ4v) is 1.99. The van der Waals surface area contributed by atoms with Crippen molar-refractivity contribution in [3.63, 3.8) is 0 Å². The van der Waals surface area contributed by atoms with Gasteiger partial charge in [0, 0.05) is 0 Å². The lowest BCUT2D eigenvalue weighted by Gasteiger charge is -2.10. The third-order valence-electron chi connectivity index (χ3n) is 2.91. The number of aromatic carboxylic acids is 1. The number of benzene rings is 1. The van der Waals surface area contributed by atoms with Crippen LogP contribution in [0.25, 0.3) is 5.57 Å². The van der Waals surface area contributed by atoms with Gasteiger partial charge < -0.3 is 5.11 Å². The van der Waals surface area contributed by atoms with Crippen LogP contribution in [0, 0.1) is 6.92 Å². The Bertz CT molecular complexity index is 431. The molecule has 0 aliphatic rings. The summed E-state index contributed by atoms with van der Waals surface area (Å²) in [4.78, 5) is 11.2. The average molecular weight is 232 g/mol. The van der Waals surface area contributed by atoms with Crippen LogP contribution in [-0.2, 0) is 0 Å². The van der Waals surface area contributed by atoms with Crippen molar-refractivity contribution in [2.24, 2.45) is 0 Å². The number of hydrogen-bond acceptors (Lipinski definition) is 1. The number of unbranched alkanes of at least 4 members (excludes halogenated alkanes) is 2. The van der Waals surface area contributed by atoms with Crippen molar-refractivity contribution < 1.29 is 9.90 Å². The first-order valence-electron chi connectivity index (χ1n) is 6.08. The molecular formula is C15H20O2. The molecule has 2 nitrogen and oxygen atoms in total. The number of hydrogen-bond donors (Lipinski definition) is 1. The SMILES string of the molecule is CCCC/C=C(/C)c1c(C)cccc1C(=O)O. The summed E-state index contributed by atoms with van der Waals surface area (Å²) in [6, 6.07) is 5.42. The van der Waals surface area contributed by atoms with Gasteiger partial charge in [-0.05, 0) is 43.0 Å². The Kier molecular flexibility index (Phi) is 4.95. The largest absolute Gasteiger partial charge is 0.478 e. The van der Waals surface area contributed by atoms with E-state index in [2.05, 4.69) is 13.0 Å². The van der Waals surface area contributed by atoms with E-state index in [4.69, 9.17) is 0 Å². The Morgan fingerprint density at radius 2 is 2.12 bits per heavy atom. The van der Waals surface area contributed by atoms with Crippen molar-refractivity contribution in [1.82, 2.24) is 0 Å². The molecule has 0 saturated carbocycles. The molecular weight excluding hydrogens is 212 g/mol. The Balaban J connectivity index is 3.11. The van der Waals surface area contributed by atoms with E-state index in [9.17, 15) is 9.90 Å². The number of carboxylic acid groups (broad SMARTS) is 1. The van der Waals surface area contributed by atoms with Crippen molar-refractivity contribution in [1.29, 1.82) is 0 Å². The van der Waals surface area contributed by atoms with Crippen LogP contribution in [0.5, 0.6) is 0 Å². The molecule has 0 spiro atoms. The Morgan fingerprint density at radius 1 is 1.41 bits per heavy atom. The van der Waals surface area contributed by atoms with Crippen molar-refractivity contribution in [3.05, 3.63) is 41.0 Å². The molecule has 0 aliphatic heterocycles. The summed E-state index contributed by atoms with van der Waals surface area (Å²) in [5, 5.41) is 9.18. The maximum Gasteiger partial charge on any atom is 0.336 e. The molecule has 0 atom stereocenters. The highest BCUT2D eigenvalue weighted by Gasteiger charge is 2.12. The molecule has 0 heterocycles. The second kappa shape index (κ2) is 6.24. The van der Waals surface area contributed by atoms with E-state index in [1.165, 1.54) is 0 Å². The van der Waals surface area contributed by atoms with Gasteiger partial charge in [0.15, 0.2) is 0 Å². The molecule has 0 amide bonds. The van der Waals surface area contributed by atoms with Crippen LogP contribution in [0.3, 0.4) is 0 Å². The van der Waals surface area contributed by atoms with Crippen molar-refractivity contribution >= 4 is 11.5 Å². The van der Waals surface area contributed by atoms with Crippen LogP contribution < -0.4 is 0 Å². The van der Waals surface area contributed by atoms with E-state index in [0.29, 0.717) is 5.56 Å². The molecule has 2 heteroatoms. The van der Waals surface area contributed by atoms with Gasteiger partial charge in [0.05, 0.1) is 5.56 Å². The quantitative estimate of drug-likeness (QED) is 0.769. The fraction of sp³-hybridized carbons (Fsp3) is 0.400. The summed E-state index contributed by atoms with van der Waals surface area (Å²) in [6.45, 7) is 6.10. The van der Waals surface area contributed by atoms with Gasteiger partial charge in [-0.2, -0.15) is 0 Å². The zero-order valence-electron chi connectivity index (χ0n) is 10.8. The van der Waals surface area contributed by atoms with Crippen LogP contribution in [0.15, 0.2) is 24.3 Å². The lowest BCUT2D eigenvalue weighted by Crippen LogP contribution is -2.03. The van der Waals surface area contributed by atoms with Gasteiger partial charge in [0.2, 0.25) is 0 Å². The molecule has 0 unspecified atom stereocenters. The summed E-state index contributed by atoms with van der Waals surface area (Å²) >= 11 is 0. The van der Waals surface area contributed by atoms with E-state index >= 15 is 0 Å². The minimum absolute atomic E-state index is 0.398. The van der Waals surface area contributed by atoms with Crippen LogP contribution >= 0.6 is 0 Å². The average Bonchev–Trinajstić information content (AvgIpc) is 2.28. The molecule has 1 aromatic carbocycles. The van der Waals surface area contributed by atoms with E-state index in [0.717, 1.165) is 36.0 Å². The third-order valence-corrected chi connectivity index (χ3v) is 2.91. The maximum absolute atomic E-state index is 11.2. The Labute approximate surface area is 103 Å². The van der Waals surface area contributed by atoms with E-state index in [1.54, 1.807) is 12.1 Å². The number of allylic oxidation sites excluding steroid dienone is 2. The van der Waals surface area contributed by atoms with E-state index in [-0.39, 0.29) is 0 Å². The molecule has 0 aliphatic carbocycles. The maximum atomic E-state index is 11.2. The van der Waals surface area contributed by atoms with Crippen LogP contribution in [0.1, 0.15) is 54.6 Å². The van der Waals surface area contributed by atoms with Crippen LogP contribution in [0.4, 0.5) is 0 Å². The van der Waals surface area contributed by atoms with Gasteiger partial charge in [-0.1, -0.05) is 38.0 Å². The molecule has 0 saturated heterocycles. The highest BCUT2D eigenvalue weighted by atomic mass is 16.4. The summed E-state index contributed by atoms with van der Waals surface area (Å²) in [5.41, 5.74) is 3.36. The van der Waals surface area contributed by atoms with Gasteiger partial charge >= 0.3 is 5.97 Å². The number of carboxylic acids is 1. The lowest BCUT2D eigenvalue weighted by atomic mass is 9.95. The first-order valence-corrected chi connectivity index (χ1v) is 6.08. The third kappa shape index (κ3) is 3.45. The molecule has 0 bridgehead atoms. The first-order chi connectivity index (χ1) is 8.07. The first kappa shape index (κ1) is 13.5. The Hall–Kier alpha value is -1.57. The van der Waals surface area contributed by atoms with Crippen molar-refractivity contribution in [3.8, 4) is 0 Å². The predicted octanol–water partition coefficient (Wildman–Crippen LogP) is 4.29. The number of rotatable bonds is 5. The van der Waals surface area contributed by atoms with Crippen molar-refractivity contribution in [2.75, 3.05) is 0 Å². The van der Waals surface area contributed by atoms with Crippen molar-refractivity contribution in [2.45, 2.75) is 40.0 Å². The Morgan fingerprint density at radius 3 is 2.71 bits per heavy atom. The topological polar surface area (TPSA) is 37.3 Å². The summed E-state index contributed by atoms with van der Waals surface area (Å²) in [5.74, 6) is -0.855. The standard InChI is InChI=1S/C15H20O2/c1-4-5-6-8-11(2)14-12(3)9-7-10-13(14)15(16)17/h7-10H,4-6H2,1-3H3,(H,16,17)/b11-8-. The zero-order valence-corrected chi connectivity index (χ0v) is 10.8. The van der Waals surface area contributed by atoms with E-state index < -0.39 is 5.97 Å². The van der Waals surface area contributed by atoms with Gasteiger partial charge in [0.1, 0.15) is 0 Å². The van der Waals surface area contributed by atoms with Gasteiger partial charge in [0.25, 0.3) is 0 Å². The molecule has 1 aromatic rings. The highest BCUT2D eigenvalue weighted by molar-refractivity contribution is 5.94. The van der Waals surface area contributed by atoms with E-state index in [1.807, 2.05) is 19.9 Å². The lowest BCUT2D eigenvalue weighted by molar-refractivity contribution is 0.0696. The molecule has 0 fully saturated rings. The molecule has 0 radical (unpaired) electrons. The fourth-order valence-electron chi connectivity index (χ4n) is 1.99. The molecule has 92 valence electrons. The zero-order chi connectivity index (χ0) is 12.8. The molecule has 1 rings (SSSR count). The van der Waals surface area contributed by atoms with Crippen LogP contribution in [-0.4, -0.2) is 11.1 Å². The second-order valence-electron chi connectivity index (χ2n) is 4.33. The summed E-state index contributed by atoms with van der Waals surface area (Å²) < 4.78 is 0. The van der Waals surface area contributed by atoms with Gasteiger partial charge in [-0.3, -0.25) is 0 Å². The predicted molar refractivity (Wildman–Crippen MR) is 71.3 cm³/mol. The summed E-state index contributed by atoms with van der Waals surface area (Å²) in [6.07, 6.45) is 5.45. The minimum atomic E-state index is -0.855. The van der Waals surface area contributed by atoms with Crippen LogP contribution in [0.2, 0.25) is 0 Å². The highest BCUT2D eigenvalue weighted by Crippen LogP contribution is 2.23. The molecule has 1 N–H and O–H groups in total. The minimum Gasteiger partial charge on any atom is -0.478 e. The molecule has 0 aromatic heterocycles. The second-order valence-corrected chi connectivity index (χ2v) is 4.33. The van der Waals surface area contributed by atoms with Gasteiger partial charge in [-0.25, -0.2) is 4.79 Å². The number of aryl methyl sites for hydroxylation is 1. The summed E-state index contributed by atoms with van der Waals surface area (Å²) in [7, 11) is 0. The van der Waals surface area contributed by atoms with Gasteiger partial charge in [-0.15, -0.1) is 0 Å².